The van der Waals surface area contributed by atoms with Gasteiger partial charge in [0.2, 0.25) is 0 Å². The molecule has 0 spiro atoms. The van der Waals surface area contributed by atoms with Crippen LogP contribution in [0.25, 0.3) is 10.8 Å². The van der Waals surface area contributed by atoms with Crippen molar-refractivity contribution < 1.29 is 0 Å². The highest BCUT2D eigenvalue weighted by Gasteiger charge is 2.01. The van der Waals surface area contributed by atoms with Crippen molar-refractivity contribution in [3.05, 3.63) is 36.5 Å². The maximum absolute atomic E-state index is 8.47. The maximum atomic E-state index is 8.47. The summed E-state index contributed by atoms with van der Waals surface area (Å²) in [4.78, 5) is 4.33. The first-order valence-electron chi connectivity index (χ1n) is 4.75. The first-order chi connectivity index (χ1) is 7.42. The van der Waals surface area contributed by atoms with E-state index in [1.807, 2.05) is 24.4 Å². The van der Waals surface area contributed by atoms with E-state index >= 15 is 0 Å². The van der Waals surface area contributed by atoms with Gasteiger partial charge in [-0.05, 0) is 11.5 Å². The van der Waals surface area contributed by atoms with E-state index in [-0.39, 0.29) is 0 Å². The highest BCUT2D eigenvalue weighted by molar-refractivity contribution is 7.99. The van der Waals surface area contributed by atoms with Gasteiger partial charge >= 0.3 is 0 Å². The molecule has 15 heavy (non-hydrogen) atoms. The minimum Gasteiger partial charge on any atom is -0.249 e. The van der Waals surface area contributed by atoms with Crippen LogP contribution in [0.15, 0.2) is 41.6 Å². The number of nitriles is 1. The smallest absolute Gasteiger partial charge is 0.104 e. The molecule has 0 amide bonds. The maximum Gasteiger partial charge on any atom is 0.104 e. The second-order valence-electron chi connectivity index (χ2n) is 3.09. The first kappa shape index (κ1) is 10.0. The van der Waals surface area contributed by atoms with Crippen LogP contribution in [0.2, 0.25) is 0 Å². The van der Waals surface area contributed by atoms with Gasteiger partial charge in [-0.25, -0.2) is 4.98 Å². The lowest BCUT2D eigenvalue weighted by Crippen LogP contribution is -1.84. The Bertz CT molecular complexity index is 497. The van der Waals surface area contributed by atoms with Gasteiger partial charge in [-0.3, -0.25) is 0 Å². The van der Waals surface area contributed by atoms with Crippen molar-refractivity contribution in [3.63, 3.8) is 0 Å². The average molecular weight is 214 g/mol. The van der Waals surface area contributed by atoms with Gasteiger partial charge in [0, 0.05) is 23.8 Å². The summed E-state index contributed by atoms with van der Waals surface area (Å²) in [7, 11) is 0. The average Bonchev–Trinajstić information content (AvgIpc) is 2.30. The van der Waals surface area contributed by atoms with Crippen molar-refractivity contribution in [2.75, 3.05) is 5.75 Å². The largest absolute Gasteiger partial charge is 0.249 e. The van der Waals surface area contributed by atoms with Crippen LogP contribution in [0.5, 0.6) is 0 Å². The Hall–Kier alpha value is -1.53. The van der Waals surface area contributed by atoms with Gasteiger partial charge in [-0.1, -0.05) is 24.3 Å². The van der Waals surface area contributed by atoms with E-state index in [4.69, 9.17) is 5.26 Å². The first-order valence-corrected chi connectivity index (χ1v) is 5.74. The van der Waals surface area contributed by atoms with Crippen molar-refractivity contribution in [1.29, 1.82) is 5.26 Å². The summed E-state index contributed by atoms with van der Waals surface area (Å²) in [6.45, 7) is 0. The molecule has 0 unspecified atom stereocenters. The van der Waals surface area contributed by atoms with Crippen LogP contribution in [0, 0.1) is 11.3 Å². The van der Waals surface area contributed by atoms with E-state index in [1.54, 1.807) is 11.8 Å². The standard InChI is InChI=1S/C12H10N2S/c13-7-3-9-15-12-11-5-2-1-4-10(11)6-8-14-12/h1-2,4-6,8H,3,9H2. The third-order valence-corrected chi connectivity index (χ3v) is 3.10. The fourth-order valence-corrected chi connectivity index (χ4v) is 2.26. The molecule has 1 aromatic carbocycles. The van der Waals surface area contributed by atoms with E-state index in [9.17, 15) is 0 Å². The van der Waals surface area contributed by atoms with Crippen LogP contribution in [0.4, 0.5) is 0 Å². The molecular formula is C12H10N2S. The van der Waals surface area contributed by atoms with Gasteiger partial charge in [0.25, 0.3) is 0 Å². The van der Waals surface area contributed by atoms with Gasteiger partial charge in [0.1, 0.15) is 5.03 Å². The molecule has 0 aliphatic heterocycles. The van der Waals surface area contributed by atoms with Crippen molar-refractivity contribution in [3.8, 4) is 6.07 Å². The Balaban J connectivity index is 2.31. The molecule has 0 aliphatic rings. The van der Waals surface area contributed by atoms with Crippen LogP contribution >= 0.6 is 11.8 Å². The van der Waals surface area contributed by atoms with E-state index in [2.05, 4.69) is 23.2 Å². The molecule has 2 nitrogen and oxygen atoms in total. The number of thioether (sulfide) groups is 1. The Labute approximate surface area is 92.9 Å². The lowest BCUT2D eigenvalue weighted by Gasteiger charge is -2.02. The summed E-state index contributed by atoms with van der Waals surface area (Å²) >= 11 is 1.64. The number of fused-ring (bicyclic) bond motifs is 1. The number of hydrogen-bond donors (Lipinski definition) is 0. The molecule has 0 N–H and O–H groups in total. The molecule has 0 bridgehead atoms. The topological polar surface area (TPSA) is 36.7 Å². The van der Waals surface area contributed by atoms with Crippen LogP contribution in [-0.2, 0) is 0 Å². The molecule has 0 aliphatic carbocycles. The highest BCUT2D eigenvalue weighted by Crippen LogP contribution is 2.25. The summed E-state index contributed by atoms with van der Waals surface area (Å²) in [5.74, 6) is 0.803. The molecule has 0 fully saturated rings. The Kier molecular flexibility index (Phi) is 3.21. The second kappa shape index (κ2) is 4.81. The van der Waals surface area contributed by atoms with Gasteiger partial charge in [0.05, 0.1) is 6.07 Å². The summed E-state index contributed by atoms with van der Waals surface area (Å²) in [5.41, 5.74) is 0. The Morgan fingerprint density at radius 3 is 3.00 bits per heavy atom. The molecule has 2 rings (SSSR count). The molecule has 0 atom stereocenters. The minimum atomic E-state index is 0.565. The van der Waals surface area contributed by atoms with Crippen molar-refractivity contribution >= 4 is 22.5 Å². The molecule has 0 saturated carbocycles. The second-order valence-corrected chi connectivity index (χ2v) is 4.18. The van der Waals surface area contributed by atoms with Crippen LogP contribution in [0.1, 0.15) is 6.42 Å². The lowest BCUT2D eigenvalue weighted by atomic mass is 10.2. The zero-order valence-corrected chi connectivity index (χ0v) is 9.00. The van der Waals surface area contributed by atoms with Gasteiger partial charge in [0.15, 0.2) is 0 Å². The number of hydrogen-bond acceptors (Lipinski definition) is 3. The number of pyridine rings is 1. The van der Waals surface area contributed by atoms with Crippen LogP contribution in [0.3, 0.4) is 0 Å². The molecular weight excluding hydrogens is 204 g/mol. The lowest BCUT2D eigenvalue weighted by molar-refractivity contribution is 1.16. The van der Waals surface area contributed by atoms with Crippen LogP contribution < -0.4 is 0 Å². The van der Waals surface area contributed by atoms with E-state index < -0.39 is 0 Å². The monoisotopic (exact) mass is 214 g/mol. The molecule has 0 saturated heterocycles. The van der Waals surface area contributed by atoms with Crippen molar-refractivity contribution in [2.24, 2.45) is 0 Å². The Morgan fingerprint density at radius 2 is 2.13 bits per heavy atom. The number of benzene rings is 1. The molecule has 1 heterocycles. The normalized spacial score (nSPS) is 10.1. The number of rotatable bonds is 3. The van der Waals surface area contributed by atoms with Crippen molar-refractivity contribution in [2.45, 2.75) is 11.4 Å². The summed E-state index contributed by atoms with van der Waals surface area (Å²) in [5, 5.41) is 11.9. The summed E-state index contributed by atoms with van der Waals surface area (Å²) < 4.78 is 0. The third kappa shape index (κ3) is 2.28. The van der Waals surface area contributed by atoms with Crippen molar-refractivity contribution in [1.82, 2.24) is 4.98 Å². The zero-order valence-electron chi connectivity index (χ0n) is 8.18. The summed E-state index contributed by atoms with van der Waals surface area (Å²) in [6.07, 6.45) is 2.38. The molecule has 3 heteroatoms. The molecule has 74 valence electrons. The van der Waals surface area contributed by atoms with Crippen LogP contribution in [-0.4, -0.2) is 10.7 Å². The molecule has 1 aromatic heterocycles. The fraction of sp³-hybridized carbons (Fsp3) is 0.167. The zero-order chi connectivity index (χ0) is 10.5. The third-order valence-electron chi connectivity index (χ3n) is 2.09. The van der Waals surface area contributed by atoms with Gasteiger partial charge < -0.3 is 0 Å². The minimum absolute atomic E-state index is 0.565. The quantitative estimate of drug-likeness (QED) is 0.581. The van der Waals surface area contributed by atoms with E-state index in [0.717, 1.165) is 10.8 Å². The predicted molar refractivity (Wildman–Crippen MR) is 62.7 cm³/mol. The van der Waals surface area contributed by atoms with E-state index in [1.165, 1.54) is 10.8 Å². The highest BCUT2D eigenvalue weighted by atomic mass is 32.2. The SMILES string of the molecule is N#CCCSc1nccc2ccccc12. The van der Waals surface area contributed by atoms with E-state index in [0.29, 0.717) is 6.42 Å². The van der Waals surface area contributed by atoms with Gasteiger partial charge in [-0.2, -0.15) is 5.26 Å². The molecule has 2 aromatic rings. The predicted octanol–water partition coefficient (Wildman–Crippen LogP) is 3.24. The summed E-state index contributed by atoms with van der Waals surface area (Å²) in [6, 6.07) is 12.3. The van der Waals surface area contributed by atoms with Gasteiger partial charge in [-0.15, -0.1) is 11.8 Å². The number of aromatic nitrogens is 1. The number of nitrogens with zero attached hydrogens (tertiary/aromatic N) is 2. The fourth-order valence-electron chi connectivity index (χ4n) is 1.40. The molecule has 0 radical (unpaired) electrons. The Morgan fingerprint density at radius 1 is 1.27 bits per heavy atom.